The summed E-state index contributed by atoms with van der Waals surface area (Å²) in [7, 11) is 0. The molecular formula is C13H19N3O. The van der Waals surface area contributed by atoms with Crippen molar-refractivity contribution in [3.8, 4) is 0 Å². The molecule has 2 unspecified atom stereocenters. The molecule has 0 spiro atoms. The van der Waals surface area contributed by atoms with Crippen LogP contribution in [0.3, 0.4) is 0 Å². The van der Waals surface area contributed by atoms with E-state index < -0.39 is 0 Å². The molecule has 2 atom stereocenters. The van der Waals surface area contributed by atoms with E-state index in [1.807, 2.05) is 0 Å². The van der Waals surface area contributed by atoms with Crippen LogP contribution in [0.1, 0.15) is 38.3 Å². The second-order valence-electron chi connectivity index (χ2n) is 5.25. The molecule has 92 valence electrons. The summed E-state index contributed by atoms with van der Waals surface area (Å²) in [6.45, 7) is 6.02. The number of anilines is 1. The van der Waals surface area contributed by atoms with Crippen LogP contribution in [0.15, 0.2) is 12.1 Å². The van der Waals surface area contributed by atoms with Gasteiger partial charge in [0.2, 0.25) is 0 Å². The summed E-state index contributed by atoms with van der Waals surface area (Å²) >= 11 is 0. The molecular weight excluding hydrogens is 214 g/mol. The van der Waals surface area contributed by atoms with Crippen LogP contribution in [0.2, 0.25) is 0 Å². The number of aromatic nitrogens is 2. The fraction of sp³-hybridized carbons (Fsp3) is 0.692. The minimum atomic E-state index is 0.267. The summed E-state index contributed by atoms with van der Waals surface area (Å²) in [6.07, 6.45) is 3.09. The second kappa shape index (κ2) is 4.26. The van der Waals surface area contributed by atoms with Gasteiger partial charge in [-0.2, -0.15) is 5.10 Å². The maximum atomic E-state index is 5.72. The number of ether oxygens (including phenoxy) is 1. The Labute approximate surface area is 102 Å². The minimum Gasteiger partial charge on any atom is -0.372 e. The van der Waals surface area contributed by atoms with Gasteiger partial charge in [0, 0.05) is 19.0 Å². The van der Waals surface area contributed by atoms with E-state index in [9.17, 15) is 0 Å². The number of morpholine rings is 1. The van der Waals surface area contributed by atoms with Gasteiger partial charge in [0.1, 0.15) is 0 Å². The van der Waals surface area contributed by atoms with Crippen molar-refractivity contribution < 1.29 is 4.74 Å². The lowest BCUT2D eigenvalue weighted by atomic mass is 10.2. The standard InChI is InChI=1S/C13H19N3O/c1-9-7-16(8-10(2)17-9)13-6-5-12(14-15-13)11-3-4-11/h5-6,9-11H,3-4,7-8H2,1-2H3. The summed E-state index contributed by atoms with van der Waals surface area (Å²) in [5, 5.41) is 8.69. The van der Waals surface area contributed by atoms with E-state index in [1.165, 1.54) is 12.8 Å². The van der Waals surface area contributed by atoms with E-state index in [1.54, 1.807) is 0 Å². The van der Waals surface area contributed by atoms with E-state index >= 15 is 0 Å². The normalized spacial score (nSPS) is 29.4. The highest BCUT2D eigenvalue weighted by Crippen LogP contribution is 2.38. The Kier molecular flexibility index (Phi) is 2.74. The molecule has 1 aromatic rings. The fourth-order valence-electron chi connectivity index (χ4n) is 2.47. The molecule has 0 N–H and O–H groups in total. The largest absolute Gasteiger partial charge is 0.372 e. The van der Waals surface area contributed by atoms with E-state index in [0.29, 0.717) is 5.92 Å². The van der Waals surface area contributed by atoms with Crippen LogP contribution < -0.4 is 4.90 Å². The van der Waals surface area contributed by atoms with E-state index in [4.69, 9.17) is 4.74 Å². The lowest BCUT2D eigenvalue weighted by Gasteiger charge is -2.35. The van der Waals surface area contributed by atoms with Crippen LogP contribution in [0.4, 0.5) is 5.82 Å². The quantitative estimate of drug-likeness (QED) is 0.782. The van der Waals surface area contributed by atoms with Crippen molar-refractivity contribution in [2.24, 2.45) is 0 Å². The molecule has 1 aliphatic heterocycles. The van der Waals surface area contributed by atoms with Crippen LogP contribution in [-0.2, 0) is 4.74 Å². The van der Waals surface area contributed by atoms with Crippen LogP contribution >= 0.6 is 0 Å². The topological polar surface area (TPSA) is 38.2 Å². The van der Waals surface area contributed by atoms with Crippen LogP contribution in [0, 0.1) is 0 Å². The maximum Gasteiger partial charge on any atom is 0.151 e. The van der Waals surface area contributed by atoms with Gasteiger partial charge < -0.3 is 9.64 Å². The van der Waals surface area contributed by atoms with Crippen LogP contribution in [0.25, 0.3) is 0 Å². The first-order valence-electron chi connectivity index (χ1n) is 6.46. The smallest absolute Gasteiger partial charge is 0.151 e. The third kappa shape index (κ3) is 2.41. The first-order valence-corrected chi connectivity index (χ1v) is 6.46. The van der Waals surface area contributed by atoms with Crippen molar-refractivity contribution in [3.63, 3.8) is 0 Å². The molecule has 1 saturated heterocycles. The lowest BCUT2D eigenvalue weighted by Crippen LogP contribution is -2.45. The molecule has 4 heteroatoms. The van der Waals surface area contributed by atoms with Crippen molar-refractivity contribution >= 4 is 5.82 Å². The number of hydrogen-bond donors (Lipinski definition) is 0. The maximum absolute atomic E-state index is 5.72. The summed E-state index contributed by atoms with van der Waals surface area (Å²) in [5.41, 5.74) is 1.16. The summed E-state index contributed by atoms with van der Waals surface area (Å²) in [4.78, 5) is 2.27. The zero-order valence-electron chi connectivity index (χ0n) is 10.5. The molecule has 0 bridgehead atoms. The number of nitrogens with zero attached hydrogens (tertiary/aromatic N) is 3. The Balaban J connectivity index is 1.73. The van der Waals surface area contributed by atoms with Crippen LogP contribution in [0.5, 0.6) is 0 Å². The van der Waals surface area contributed by atoms with Crippen molar-refractivity contribution in [1.29, 1.82) is 0 Å². The van der Waals surface area contributed by atoms with Gasteiger partial charge in [-0.25, -0.2) is 0 Å². The Morgan fingerprint density at radius 1 is 1.12 bits per heavy atom. The molecule has 0 aromatic carbocycles. The molecule has 1 saturated carbocycles. The van der Waals surface area contributed by atoms with Crippen molar-refractivity contribution in [2.45, 2.75) is 44.8 Å². The molecule has 2 heterocycles. The number of rotatable bonds is 2. The Morgan fingerprint density at radius 3 is 2.35 bits per heavy atom. The predicted octanol–water partition coefficient (Wildman–Crippen LogP) is 1.97. The zero-order chi connectivity index (χ0) is 11.8. The summed E-state index contributed by atoms with van der Waals surface area (Å²) in [5.74, 6) is 1.66. The molecule has 0 radical (unpaired) electrons. The summed E-state index contributed by atoms with van der Waals surface area (Å²) in [6, 6.07) is 4.23. The molecule has 1 aliphatic carbocycles. The molecule has 4 nitrogen and oxygen atoms in total. The SMILES string of the molecule is CC1CN(c2ccc(C3CC3)nn2)CC(C)O1. The van der Waals surface area contributed by atoms with Crippen molar-refractivity contribution in [2.75, 3.05) is 18.0 Å². The first kappa shape index (κ1) is 11.0. The Hall–Kier alpha value is -1.16. The molecule has 0 amide bonds. The molecule has 2 fully saturated rings. The Morgan fingerprint density at radius 2 is 1.82 bits per heavy atom. The van der Waals surface area contributed by atoms with Crippen molar-refractivity contribution in [3.05, 3.63) is 17.8 Å². The second-order valence-corrected chi connectivity index (χ2v) is 5.25. The molecule has 17 heavy (non-hydrogen) atoms. The number of hydrogen-bond acceptors (Lipinski definition) is 4. The monoisotopic (exact) mass is 233 g/mol. The molecule has 3 rings (SSSR count). The molecule has 2 aliphatic rings. The fourth-order valence-corrected chi connectivity index (χ4v) is 2.47. The third-order valence-corrected chi connectivity index (χ3v) is 3.41. The van der Waals surface area contributed by atoms with Gasteiger partial charge in [0.25, 0.3) is 0 Å². The minimum absolute atomic E-state index is 0.267. The van der Waals surface area contributed by atoms with Crippen LogP contribution in [-0.4, -0.2) is 35.5 Å². The Bertz CT molecular complexity index is 378. The third-order valence-electron chi connectivity index (χ3n) is 3.41. The van der Waals surface area contributed by atoms with Gasteiger partial charge in [-0.05, 0) is 38.8 Å². The van der Waals surface area contributed by atoms with E-state index in [2.05, 4.69) is 41.1 Å². The average Bonchev–Trinajstić information content (AvgIpc) is 3.12. The lowest BCUT2D eigenvalue weighted by molar-refractivity contribution is -0.00550. The highest BCUT2D eigenvalue weighted by Gasteiger charge is 2.27. The average molecular weight is 233 g/mol. The van der Waals surface area contributed by atoms with Gasteiger partial charge in [-0.1, -0.05) is 0 Å². The van der Waals surface area contributed by atoms with Gasteiger partial charge in [-0.3, -0.25) is 0 Å². The van der Waals surface area contributed by atoms with Gasteiger partial charge >= 0.3 is 0 Å². The highest BCUT2D eigenvalue weighted by molar-refractivity contribution is 5.39. The van der Waals surface area contributed by atoms with Gasteiger partial charge in [0.05, 0.1) is 17.9 Å². The van der Waals surface area contributed by atoms with E-state index in [0.717, 1.165) is 24.6 Å². The van der Waals surface area contributed by atoms with E-state index in [-0.39, 0.29) is 12.2 Å². The van der Waals surface area contributed by atoms with Gasteiger partial charge in [0.15, 0.2) is 5.82 Å². The predicted molar refractivity (Wildman–Crippen MR) is 66.2 cm³/mol. The summed E-state index contributed by atoms with van der Waals surface area (Å²) < 4.78 is 5.72. The zero-order valence-corrected chi connectivity index (χ0v) is 10.5. The molecule has 1 aromatic heterocycles. The van der Waals surface area contributed by atoms with Crippen molar-refractivity contribution in [1.82, 2.24) is 10.2 Å². The van der Waals surface area contributed by atoms with Gasteiger partial charge in [-0.15, -0.1) is 5.10 Å². The first-order chi connectivity index (χ1) is 8.22. The highest BCUT2D eigenvalue weighted by atomic mass is 16.5.